The molecule has 0 radical (unpaired) electrons. The third-order valence-electron chi connectivity index (χ3n) is 7.97. The number of esters is 2. The molecule has 0 atom stereocenters. The largest absolute Gasteiger partial charge is 0.457 e. The van der Waals surface area contributed by atoms with Gasteiger partial charge in [-0.2, -0.15) is 0 Å². The Morgan fingerprint density at radius 1 is 0.578 bits per heavy atom. The molecule has 4 heteroatoms. The van der Waals surface area contributed by atoms with E-state index >= 15 is 0 Å². The molecule has 0 aromatic heterocycles. The minimum absolute atomic E-state index is 0.364. The lowest BCUT2D eigenvalue weighted by atomic mass is 9.67. The van der Waals surface area contributed by atoms with Gasteiger partial charge >= 0.3 is 11.9 Å². The van der Waals surface area contributed by atoms with E-state index in [1.165, 1.54) is 34.4 Å². The van der Waals surface area contributed by atoms with Gasteiger partial charge < -0.3 is 9.47 Å². The molecule has 5 rings (SSSR count). The van der Waals surface area contributed by atoms with Crippen molar-refractivity contribution in [3.63, 3.8) is 0 Å². The SMILES string of the molecule is Cc1cc(C2(c3ccc(C=CC(=O)OC(C)(C)C)c(C)c3)c3ccccc3-c3ccccc32)ccc1C=CC(=O)OC(C)(C)C. The van der Waals surface area contributed by atoms with Crippen LogP contribution in [0.2, 0.25) is 0 Å². The number of hydrogen-bond acceptors (Lipinski definition) is 4. The molecule has 45 heavy (non-hydrogen) atoms. The summed E-state index contributed by atoms with van der Waals surface area (Å²) >= 11 is 0. The highest BCUT2D eigenvalue weighted by Crippen LogP contribution is 2.56. The maximum atomic E-state index is 12.4. The minimum atomic E-state index is -0.566. The van der Waals surface area contributed by atoms with Gasteiger partial charge in [-0.25, -0.2) is 9.59 Å². The fraction of sp³-hybridized carbons (Fsp3) is 0.268. The summed E-state index contributed by atoms with van der Waals surface area (Å²) in [5.41, 5.74) is 9.52. The number of fused-ring (bicyclic) bond motifs is 3. The second kappa shape index (κ2) is 12.0. The van der Waals surface area contributed by atoms with Crippen molar-refractivity contribution in [1.29, 1.82) is 0 Å². The molecule has 0 amide bonds. The molecule has 4 aromatic carbocycles. The molecular formula is C41H42O4. The highest BCUT2D eigenvalue weighted by atomic mass is 16.6. The third kappa shape index (κ3) is 6.56. The van der Waals surface area contributed by atoms with Gasteiger partial charge in [0.1, 0.15) is 11.2 Å². The van der Waals surface area contributed by atoms with Crippen LogP contribution in [0.4, 0.5) is 0 Å². The van der Waals surface area contributed by atoms with E-state index in [-0.39, 0.29) is 11.9 Å². The predicted octanol–water partition coefficient (Wildman–Crippen LogP) is 9.38. The van der Waals surface area contributed by atoms with Crippen molar-refractivity contribution in [3.8, 4) is 11.1 Å². The van der Waals surface area contributed by atoms with E-state index in [0.717, 1.165) is 33.4 Å². The molecule has 1 aliphatic rings. The van der Waals surface area contributed by atoms with E-state index in [1.54, 1.807) is 0 Å². The van der Waals surface area contributed by atoms with Gasteiger partial charge in [0, 0.05) is 12.2 Å². The zero-order valence-electron chi connectivity index (χ0n) is 27.5. The fourth-order valence-electron chi connectivity index (χ4n) is 6.20. The van der Waals surface area contributed by atoms with Crippen molar-refractivity contribution in [2.24, 2.45) is 0 Å². The van der Waals surface area contributed by atoms with Gasteiger partial charge in [-0.3, -0.25) is 0 Å². The third-order valence-corrected chi connectivity index (χ3v) is 7.97. The molecule has 0 bridgehead atoms. The average Bonchev–Trinajstić information content (AvgIpc) is 3.25. The fourth-order valence-corrected chi connectivity index (χ4v) is 6.20. The van der Waals surface area contributed by atoms with Gasteiger partial charge in [-0.15, -0.1) is 0 Å². The summed E-state index contributed by atoms with van der Waals surface area (Å²) in [7, 11) is 0. The van der Waals surface area contributed by atoms with Crippen molar-refractivity contribution >= 4 is 24.1 Å². The van der Waals surface area contributed by atoms with Gasteiger partial charge in [-0.05, 0) is 123 Å². The molecule has 0 N–H and O–H groups in total. The molecule has 4 nitrogen and oxygen atoms in total. The Morgan fingerprint density at radius 2 is 0.956 bits per heavy atom. The quantitative estimate of drug-likeness (QED) is 0.144. The Morgan fingerprint density at radius 3 is 1.31 bits per heavy atom. The molecule has 4 aromatic rings. The summed E-state index contributed by atoms with van der Waals surface area (Å²) in [5.74, 6) is -0.727. The van der Waals surface area contributed by atoms with E-state index in [1.807, 2.05) is 53.7 Å². The molecule has 0 aliphatic heterocycles. The van der Waals surface area contributed by atoms with Gasteiger partial charge in [-0.1, -0.05) is 84.9 Å². The molecule has 0 saturated carbocycles. The van der Waals surface area contributed by atoms with Gasteiger partial charge in [0.2, 0.25) is 0 Å². The zero-order valence-corrected chi connectivity index (χ0v) is 27.5. The molecule has 0 unspecified atom stereocenters. The summed E-state index contributed by atoms with van der Waals surface area (Å²) in [6, 6.07) is 30.2. The summed E-state index contributed by atoms with van der Waals surface area (Å²) in [4.78, 5) is 24.8. The van der Waals surface area contributed by atoms with E-state index in [9.17, 15) is 9.59 Å². The highest BCUT2D eigenvalue weighted by molar-refractivity contribution is 5.89. The number of carbonyl (C=O) groups is 2. The summed E-state index contributed by atoms with van der Waals surface area (Å²) in [6.45, 7) is 15.3. The monoisotopic (exact) mass is 598 g/mol. The number of carbonyl (C=O) groups excluding carboxylic acids is 2. The Hall–Kier alpha value is -4.70. The first-order chi connectivity index (χ1) is 21.2. The van der Waals surface area contributed by atoms with E-state index < -0.39 is 16.6 Å². The Kier molecular flexibility index (Phi) is 8.46. The molecular weight excluding hydrogens is 556 g/mol. The van der Waals surface area contributed by atoms with Crippen molar-refractivity contribution in [1.82, 2.24) is 0 Å². The van der Waals surface area contributed by atoms with Crippen LogP contribution in [0.5, 0.6) is 0 Å². The van der Waals surface area contributed by atoms with Gasteiger partial charge in [0.25, 0.3) is 0 Å². The lowest BCUT2D eigenvalue weighted by molar-refractivity contribution is -0.149. The number of rotatable bonds is 6. The minimum Gasteiger partial charge on any atom is -0.457 e. The number of aryl methyl sites for hydroxylation is 2. The summed E-state index contributed by atoms with van der Waals surface area (Å²) in [5, 5.41) is 0. The average molecular weight is 599 g/mol. The normalized spacial score (nSPS) is 14.0. The Balaban J connectivity index is 1.64. The first-order valence-corrected chi connectivity index (χ1v) is 15.4. The lowest BCUT2D eigenvalue weighted by Gasteiger charge is -2.34. The number of ether oxygens (including phenoxy) is 2. The lowest BCUT2D eigenvalue weighted by Crippen LogP contribution is -2.29. The van der Waals surface area contributed by atoms with Gasteiger partial charge in [0.15, 0.2) is 0 Å². The highest BCUT2D eigenvalue weighted by Gasteiger charge is 2.46. The van der Waals surface area contributed by atoms with Crippen molar-refractivity contribution in [3.05, 3.63) is 142 Å². The van der Waals surface area contributed by atoms with Crippen LogP contribution in [0.1, 0.15) is 86.1 Å². The van der Waals surface area contributed by atoms with Crippen LogP contribution in [-0.2, 0) is 24.5 Å². The van der Waals surface area contributed by atoms with Crippen LogP contribution in [-0.4, -0.2) is 23.1 Å². The first kappa shape index (κ1) is 31.7. The van der Waals surface area contributed by atoms with Crippen molar-refractivity contribution < 1.29 is 19.1 Å². The first-order valence-electron chi connectivity index (χ1n) is 15.4. The standard InChI is InChI=1S/C41H42O4/c1-27-25-31(21-17-29(27)19-23-37(42)44-39(3,4)5)41(35-15-11-9-13-33(35)34-14-10-12-16-36(34)41)32-22-18-30(28(2)26-32)20-24-38(43)45-40(6,7)8/h9-26H,1-8H3. The second-order valence-corrected chi connectivity index (χ2v) is 13.7. The molecule has 0 heterocycles. The maximum absolute atomic E-state index is 12.4. The summed E-state index contributed by atoms with van der Waals surface area (Å²) in [6.07, 6.45) is 6.64. The number of benzene rings is 4. The number of hydrogen-bond donors (Lipinski definition) is 0. The van der Waals surface area contributed by atoms with Crippen LogP contribution < -0.4 is 0 Å². The van der Waals surface area contributed by atoms with E-state index in [4.69, 9.17) is 9.47 Å². The smallest absolute Gasteiger partial charge is 0.331 e. The molecule has 0 saturated heterocycles. The zero-order chi connectivity index (χ0) is 32.6. The molecule has 0 fully saturated rings. The van der Waals surface area contributed by atoms with Crippen LogP contribution in [0, 0.1) is 13.8 Å². The van der Waals surface area contributed by atoms with Crippen molar-refractivity contribution in [2.75, 3.05) is 0 Å². The maximum Gasteiger partial charge on any atom is 0.331 e. The van der Waals surface area contributed by atoms with Crippen LogP contribution in [0.25, 0.3) is 23.3 Å². The second-order valence-electron chi connectivity index (χ2n) is 13.7. The molecule has 1 aliphatic carbocycles. The van der Waals surface area contributed by atoms with Crippen LogP contribution in [0.3, 0.4) is 0 Å². The van der Waals surface area contributed by atoms with E-state index in [0.29, 0.717) is 0 Å². The Bertz CT molecular complexity index is 1690. The van der Waals surface area contributed by atoms with Crippen LogP contribution >= 0.6 is 0 Å². The van der Waals surface area contributed by atoms with Gasteiger partial charge in [0.05, 0.1) is 5.41 Å². The predicted molar refractivity (Wildman–Crippen MR) is 183 cm³/mol. The molecule has 230 valence electrons. The van der Waals surface area contributed by atoms with Crippen LogP contribution in [0.15, 0.2) is 97.1 Å². The van der Waals surface area contributed by atoms with E-state index in [2.05, 4.69) is 98.8 Å². The summed E-state index contributed by atoms with van der Waals surface area (Å²) < 4.78 is 10.9. The topological polar surface area (TPSA) is 52.6 Å². The molecule has 0 spiro atoms. The Labute approximate surface area is 267 Å². The van der Waals surface area contributed by atoms with Crippen molar-refractivity contribution in [2.45, 2.75) is 72.0 Å².